The molecule has 0 heterocycles. The summed E-state index contributed by atoms with van der Waals surface area (Å²) >= 11 is 0. The Hall–Kier alpha value is -3.16. The summed E-state index contributed by atoms with van der Waals surface area (Å²) in [7, 11) is 0. The van der Waals surface area contributed by atoms with Crippen molar-refractivity contribution in [2.45, 2.75) is 6.54 Å². The molecule has 0 saturated carbocycles. The van der Waals surface area contributed by atoms with Crippen LogP contribution in [0.1, 0.15) is 21.5 Å². The van der Waals surface area contributed by atoms with E-state index >= 15 is 0 Å². The number of hydrogen-bond acceptors (Lipinski definition) is 3. The zero-order valence-electron chi connectivity index (χ0n) is 12.4. The van der Waals surface area contributed by atoms with E-state index in [-0.39, 0.29) is 5.91 Å². The molecule has 0 spiro atoms. The van der Waals surface area contributed by atoms with E-state index in [2.05, 4.69) is 11.4 Å². The molecule has 0 unspecified atom stereocenters. The highest BCUT2D eigenvalue weighted by molar-refractivity contribution is 6.06. The van der Waals surface area contributed by atoms with Crippen LogP contribution in [0.15, 0.2) is 60.7 Å². The number of nitrogens with two attached hydrogens (primary N) is 1. The third kappa shape index (κ3) is 3.20. The Morgan fingerprint density at radius 2 is 1.70 bits per heavy atom. The van der Waals surface area contributed by atoms with E-state index in [9.17, 15) is 4.79 Å². The van der Waals surface area contributed by atoms with Gasteiger partial charge in [0.15, 0.2) is 0 Å². The fourth-order valence-electron chi connectivity index (χ4n) is 2.38. The summed E-state index contributed by atoms with van der Waals surface area (Å²) in [5.74, 6) is -0.170. The topological polar surface area (TPSA) is 78.9 Å². The van der Waals surface area contributed by atoms with Gasteiger partial charge in [-0.1, -0.05) is 24.3 Å². The van der Waals surface area contributed by atoms with Crippen LogP contribution in [0.5, 0.6) is 0 Å². The first-order valence-electron chi connectivity index (χ1n) is 7.24. The van der Waals surface area contributed by atoms with Crippen LogP contribution < -0.4 is 11.1 Å². The van der Waals surface area contributed by atoms with Gasteiger partial charge < -0.3 is 11.1 Å². The number of amides is 1. The van der Waals surface area contributed by atoms with Gasteiger partial charge in [-0.15, -0.1) is 0 Å². The molecule has 0 aromatic heterocycles. The molecule has 1 amide bonds. The summed E-state index contributed by atoms with van der Waals surface area (Å²) < 4.78 is 0. The molecule has 3 N–H and O–H groups in total. The number of carbonyl (C=O) groups is 1. The predicted octanol–water partition coefficient (Wildman–Crippen LogP) is 3.42. The zero-order valence-corrected chi connectivity index (χ0v) is 12.4. The van der Waals surface area contributed by atoms with Crippen LogP contribution in [0.3, 0.4) is 0 Å². The molecule has 23 heavy (non-hydrogen) atoms. The molecule has 0 aliphatic carbocycles. The second-order valence-corrected chi connectivity index (χ2v) is 5.24. The van der Waals surface area contributed by atoms with Crippen LogP contribution in [-0.4, -0.2) is 5.91 Å². The summed E-state index contributed by atoms with van der Waals surface area (Å²) in [6.07, 6.45) is 0. The van der Waals surface area contributed by atoms with Crippen molar-refractivity contribution in [3.05, 3.63) is 77.4 Å². The number of nitrogens with one attached hydrogen (secondary N) is 1. The maximum atomic E-state index is 12.3. The Balaban J connectivity index is 1.84. The number of anilines is 1. The minimum Gasteiger partial charge on any atom is -0.326 e. The number of benzene rings is 3. The highest BCUT2D eigenvalue weighted by atomic mass is 16.1. The van der Waals surface area contributed by atoms with Gasteiger partial charge >= 0.3 is 0 Å². The number of nitriles is 1. The smallest absolute Gasteiger partial charge is 0.255 e. The summed E-state index contributed by atoms with van der Waals surface area (Å²) in [5, 5.41) is 13.6. The van der Waals surface area contributed by atoms with Gasteiger partial charge in [-0.25, -0.2) is 0 Å². The Bertz CT molecular complexity index is 908. The normalized spacial score (nSPS) is 10.3. The van der Waals surface area contributed by atoms with Crippen LogP contribution in [-0.2, 0) is 6.54 Å². The largest absolute Gasteiger partial charge is 0.326 e. The van der Waals surface area contributed by atoms with Crippen molar-refractivity contribution in [2.75, 3.05) is 5.32 Å². The first kappa shape index (κ1) is 14.8. The minimum absolute atomic E-state index is 0.170. The average Bonchev–Trinajstić information content (AvgIpc) is 2.61. The lowest BCUT2D eigenvalue weighted by atomic mass is 10.0. The molecule has 0 fully saturated rings. The SMILES string of the molecule is N#Cc1ccc2cc(C(=O)Nc3ccc(CN)cc3)ccc2c1. The minimum atomic E-state index is -0.170. The van der Waals surface area contributed by atoms with E-state index in [4.69, 9.17) is 11.0 Å². The van der Waals surface area contributed by atoms with Gasteiger partial charge in [0.05, 0.1) is 11.6 Å². The molecule has 112 valence electrons. The molecule has 4 nitrogen and oxygen atoms in total. The maximum Gasteiger partial charge on any atom is 0.255 e. The highest BCUT2D eigenvalue weighted by Gasteiger charge is 2.07. The number of nitrogens with zero attached hydrogens (tertiary/aromatic N) is 1. The molecule has 0 aliphatic heterocycles. The zero-order chi connectivity index (χ0) is 16.2. The van der Waals surface area contributed by atoms with Crippen LogP contribution in [0.25, 0.3) is 10.8 Å². The molecule has 0 atom stereocenters. The van der Waals surface area contributed by atoms with E-state index in [0.717, 1.165) is 22.0 Å². The maximum absolute atomic E-state index is 12.3. The summed E-state index contributed by atoms with van der Waals surface area (Å²) in [6, 6.07) is 20.4. The van der Waals surface area contributed by atoms with Crippen LogP contribution >= 0.6 is 0 Å². The number of hydrogen-bond donors (Lipinski definition) is 2. The van der Waals surface area contributed by atoms with E-state index in [1.54, 1.807) is 12.1 Å². The predicted molar refractivity (Wildman–Crippen MR) is 90.9 cm³/mol. The highest BCUT2D eigenvalue weighted by Crippen LogP contribution is 2.19. The molecule has 3 rings (SSSR count). The van der Waals surface area contributed by atoms with Gasteiger partial charge in [0.25, 0.3) is 5.91 Å². The second-order valence-electron chi connectivity index (χ2n) is 5.24. The average molecular weight is 301 g/mol. The van der Waals surface area contributed by atoms with Gasteiger partial charge in [0.1, 0.15) is 0 Å². The molecule has 4 heteroatoms. The van der Waals surface area contributed by atoms with Gasteiger partial charge in [0, 0.05) is 17.8 Å². The molecule has 0 bridgehead atoms. The van der Waals surface area contributed by atoms with Crippen LogP contribution in [0.2, 0.25) is 0 Å². The van der Waals surface area contributed by atoms with E-state index in [1.807, 2.05) is 48.5 Å². The second kappa shape index (κ2) is 6.30. The van der Waals surface area contributed by atoms with E-state index in [0.29, 0.717) is 17.7 Å². The van der Waals surface area contributed by atoms with E-state index in [1.165, 1.54) is 0 Å². The molecule has 0 radical (unpaired) electrons. The molecule has 3 aromatic rings. The first-order valence-corrected chi connectivity index (χ1v) is 7.24. The first-order chi connectivity index (χ1) is 11.2. The van der Waals surface area contributed by atoms with Gasteiger partial charge in [-0.2, -0.15) is 5.26 Å². The number of carbonyl (C=O) groups excluding carboxylic acids is 1. The number of rotatable bonds is 3. The van der Waals surface area contributed by atoms with E-state index < -0.39 is 0 Å². The number of fused-ring (bicyclic) bond motifs is 1. The van der Waals surface area contributed by atoms with Crippen molar-refractivity contribution in [1.82, 2.24) is 0 Å². The fourth-order valence-corrected chi connectivity index (χ4v) is 2.38. The fraction of sp³-hybridized carbons (Fsp3) is 0.0526. The Labute approximate surface area is 134 Å². The van der Waals surface area contributed by atoms with Crippen molar-refractivity contribution in [3.63, 3.8) is 0 Å². The van der Waals surface area contributed by atoms with Crippen LogP contribution in [0, 0.1) is 11.3 Å². The van der Waals surface area contributed by atoms with Crippen molar-refractivity contribution in [3.8, 4) is 6.07 Å². The monoisotopic (exact) mass is 301 g/mol. The molecule has 0 aliphatic rings. The van der Waals surface area contributed by atoms with Gasteiger partial charge in [-0.05, 0) is 52.7 Å². The van der Waals surface area contributed by atoms with Gasteiger partial charge in [0.2, 0.25) is 0 Å². The third-order valence-corrected chi connectivity index (χ3v) is 3.68. The lowest BCUT2D eigenvalue weighted by molar-refractivity contribution is 0.102. The van der Waals surface area contributed by atoms with Crippen molar-refractivity contribution >= 4 is 22.4 Å². The van der Waals surface area contributed by atoms with Crippen molar-refractivity contribution in [1.29, 1.82) is 5.26 Å². The molecular formula is C19H15N3O. The lowest BCUT2D eigenvalue weighted by Crippen LogP contribution is -2.11. The molecular weight excluding hydrogens is 286 g/mol. The Morgan fingerprint density at radius 3 is 2.39 bits per heavy atom. The molecule has 3 aromatic carbocycles. The summed E-state index contributed by atoms with van der Waals surface area (Å²) in [4.78, 5) is 12.3. The summed E-state index contributed by atoms with van der Waals surface area (Å²) in [6.45, 7) is 0.476. The van der Waals surface area contributed by atoms with Crippen LogP contribution in [0.4, 0.5) is 5.69 Å². The van der Waals surface area contributed by atoms with Crippen molar-refractivity contribution in [2.24, 2.45) is 5.73 Å². The standard InChI is InChI=1S/C19H15N3O/c20-11-13-2-7-18(8-3-13)22-19(23)17-6-5-15-9-14(12-21)1-4-16(15)10-17/h1-10H,11,20H2,(H,22,23). The summed E-state index contributed by atoms with van der Waals surface area (Å²) in [5.41, 5.74) is 8.48. The van der Waals surface area contributed by atoms with Crippen molar-refractivity contribution < 1.29 is 4.79 Å². The van der Waals surface area contributed by atoms with Gasteiger partial charge in [-0.3, -0.25) is 4.79 Å². The quantitative estimate of drug-likeness (QED) is 0.778. The Kier molecular flexibility index (Phi) is 4.05. The third-order valence-electron chi connectivity index (χ3n) is 3.68. The lowest BCUT2D eigenvalue weighted by Gasteiger charge is -2.07. The molecule has 0 saturated heterocycles. The Morgan fingerprint density at radius 1 is 1.00 bits per heavy atom.